The van der Waals surface area contributed by atoms with Crippen molar-refractivity contribution in [2.24, 2.45) is 0 Å². The maximum Gasteiger partial charge on any atom is 0.122 e. The summed E-state index contributed by atoms with van der Waals surface area (Å²) in [6.45, 7) is 6.93. The number of hydrogen-bond acceptors (Lipinski definition) is 4. The average molecular weight is 444 g/mol. The Morgan fingerprint density at radius 1 is 0.875 bits per heavy atom. The van der Waals surface area contributed by atoms with Crippen LogP contribution in [0, 0.1) is 6.92 Å². The smallest absolute Gasteiger partial charge is 0.122 e. The highest BCUT2D eigenvalue weighted by molar-refractivity contribution is 7.22. The number of likely N-dealkylation sites (tertiary alicyclic amines) is 1. The van der Waals surface area contributed by atoms with Crippen molar-refractivity contribution in [2.75, 3.05) is 26.2 Å². The van der Waals surface area contributed by atoms with E-state index in [-0.39, 0.29) is 0 Å². The molecule has 4 heteroatoms. The van der Waals surface area contributed by atoms with Crippen molar-refractivity contribution in [1.82, 2.24) is 4.90 Å². The Balaban J connectivity index is 1.26. The topological polar surface area (TPSA) is 21.7 Å². The number of hydrogen-bond donors (Lipinski definition) is 0. The van der Waals surface area contributed by atoms with Gasteiger partial charge in [0.05, 0.1) is 0 Å². The standard InChI is InChI=1S/C28H29NO2S/c1-21-17-23(10-12-26(21)30-16-15-29-13-5-6-14-29)27-18-24-9-11-25(19-28(24)32-27)31-20-22-7-3-2-4-8-22/h2-4,7-12,17-19H,5-6,13-16,20H2,1H3. The summed E-state index contributed by atoms with van der Waals surface area (Å²) in [4.78, 5) is 3.76. The van der Waals surface area contributed by atoms with Gasteiger partial charge in [0, 0.05) is 16.1 Å². The van der Waals surface area contributed by atoms with Crippen LogP contribution < -0.4 is 9.47 Å². The third-order valence-corrected chi connectivity index (χ3v) is 7.21. The SMILES string of the molecule is Cc1cc(-c2cc3ccc(OCc4ccccc4)cc3s2)ccc1OCCN1CCCC1. The largest absolute Gasteiger partial charge is 0.492 e. The van der Waals surface area contributed by atoms with Crippen LogP contribution in [0.5, 0.6) is 11.5 Å². The zero-order valence-electron chi connectivity index (χ0n) is 18.5. The Labute approximate surface area is 194 Å². The van der Waals surface area contributed by atoms with Gasteiger partial charge in [0.2, 0.25) is 0 Å². The second-order valence-electron chi connectivity index (χ2n) is 8.46. The molecule has 1 aliphatic heterocycles. The molecule has 2 heterocycles. The Bertz CT molecular complexity index is 1180. The van der Waals surface area contributed by atoms with Crippen LogP contribution in [0.4, 0.5) is 0 Å². The van der Waals surface area contributed by atoms with E-state index in [1.807, 2.05) is 29.5 Å². The maximum atomic E-state index is 6.07. The minimum atomic E-state index is 0.586. The third-order valence-electron chi connectivity index (χ3n) is 6.06. The van der Waals surface area contributed by atoms with Crippen molar-refractivity contribution < 1.29 is 9.47 Å². The molecule has 3 aromatic carbocycles. The molecule has 4 aromatic rings. The van der Waals surface area contributed by atoms with E-state index in [2.05, 4.69) is 66.4 Å². The summed E-state index contributed by atoms with van der Waals surface area (Å²) in [6, 6.07) is 25.4. The summed E-state index contributed by atoms with van der Waals surface area (Å²) in [5.74, 6) is 1.90. The molecular weight excluding hydrogens is 414 g/mol. The lowest BCUT2D eigenvalue weighted by molar-refractivity contribution is 0.237. The molecule has 164 valence electrons. The molecule has 1 saturated heterocycles. The van der Waals surface area contributed by atoms with Gasteiger partial charge in [0.1, 0.15) is 24.7 Å². The molecule has 32 heavy (non-hydrogen) atoms. The van der Waals surface area contributed by atoms with E-state index < -0.39 is 0 Å². The van der Waals surface area contributed by atoms with Gasteiger partial charge in [-0.2, -0.15) is 0 Å². The molecule has 1 fully saturated rings. The summed E-state index contributed by atoms with van der Waals surface area (Å²) in [6.07, 6.45) is 2.65. The lowest BCUT2D eigenvalue weighted by Crippen LogP contribution is -2.25. The lowest BCUT2D eigenvalue weighted by atomic mass is 10.1. The van der Waals surface area contributed by atoms with Crippen LogP contribution in [-0.4, -0.2) is 31.1 Å². The summed E-state index contributed by atoms with van der Waals surface area (Å²) < 4.78 is 13.3. The van der Waals surface area contributed by atoms with Gasteiger partial charge < -0.3 is 9.47 Å². The Kier molecular flexibility index (Phi) is 6.42. The molecule has 3 nitrogen and oxygen atoms in total. The number of fused-ring (bicyclic) bond motifs is 1. The molecule has 0 aliphatic carbocycles. The van der Waals surface area contributed by atoms with E-state index in [9.17, 15) is 0 Å². The predicted octanol–water partition coefficient (Wildman–Crippen LogP) is 6.93. The number of thiophene rings is 1. The minimum absolute atomic E-state index is 0.586. The van der Waals surface area contributed by atoms with Crippen LogP contribution in [0.3, 0.4) is 0 Å². The third kappa shape index (κ3) is 4.98. The zero-order valence-corrected chi connectivity index (χ0v) is 19.4. The van der Waals surface area contributed by atoms with Crippen LogP contribution in [0.1, 0.15) is 24.0 Å². The molecule has 1 aliphatic rings. The molecule has 0 N–H and O–H groups in total. The van der Waals surface area contributed by atoms with E-state index in [0.717, 1.165) is 24.7 Å². The first-order valence-corrected chi connectivity index (χ1v) is 12.2. The van der Waals surface area contributed by atoms with Gasteiger partial charge in [-0.3, -0.25) is 4.90 Å². The summed E-state index contributed by atoms with van der Waals surface area (Å²) in [5.41, 5.74) is 3.60. The fourth-order valence-electron chi connectivity index (χ4n) is 4.24. The Morgan fingerprint density at radius 3 is 2.53 bits per heavy atom. The van der Waals surface area contributed by atoms with Gasteiger partial charge in [0.15, 0.2) is 0 Å². The minimum Gasteiger partial charge on any atom is -0.492 e. The second kappa shape index (κ2) is 9.76. The maximum absolute atomic E-state index is 6.07. The summed E-state index contributed by atoms with van der Waals surface area (Å²) >= 11 is 1.81. The molecule has 1 aromatic heterocycles. The predicted molar refractivity (Wildman–Crippen MR) is 134 cm³/mol. The zero-order chi connectivity index (χ0) is 21.8. The summed E-state index contributed by atoms with van der Waals surface area (Å²) in [7, 11) is 0. The van der Waals surface area contributed by atoms with Crippen LogP contribution in [0.25, 0.3) is 20.5 Å². The highest BCUT2D eigenvalue weighted by Gasteiger charge is 2.12. The van der Waals surface area contributed by atoms with Gasteiger partial charge in [0.25, 0.3) is 0 Å². The number of nitrogens with zero attached hydrogens (tertiary/aromatic N) is 1. The molecule has 0 radical (unpaired) electrons. The fourth-order valence-corrected chi connectivity index (χ4v) is 5.33. The monoisotopic (exact) mass is 443 g/mol. The van der Waals surface area contributed by atoms with Crippen molar-refractivity contribution in [2.45, 2.75) is 26.4 Å². The first-order valence-electron chi connectivity index (χ1n) is 11.4. The van der Waals surface area contributed by atoms with Gasteiger partial charge in [-0.25, -0.2) is 0 Å². The molecule has 0 bridgehead atoms. The van der Waals surface area contributed by atoms with E-state index in [4.69, 9.17) is 9.47 Å². The molecule has 0 amide bonds. The van der Waals surface area contributed by atoms with Crippen LogP contribution >= 0.6 is 11.3 Å². The van der Waals surface area contributed by atoms with E-state index in [0.29, 0.717) is 6.61 Å². The average Bonchev–Trinajstić information content (AvgIpc) is 3.49. The van der Waals surface area contributed by atoms with E-state index in [1.165, 1.54) is 57.6 Å². The highest BCUT2D eigenvalue weighted by Crippen LogP contribution is 2.37. The molecule has 5 rings (SSSR count). The Morgan fingerprint density at radius 2 is 1.72 bits per heavy atom. The van der Waals surface area contributed by atoms with Crippen molar-refractivity contribution >= 4 is 21.4 Å². The molecule has 0 atom stereocenters. The molecule has 0 unspecified atom stereocenters. The van der Waals surface area contributed by atoms with Gasteiger partial charge in [-0.1, -0.05) is 30.3 Å². The normalized spacial score (nSPS) is 14.2. The van der Waals surface area contributed by atoms with Gasteiger partial charge in [-0.15, -0.1) is 11.3 Å². The molecular formula is C28H29NO2S. The summed E-state index contributed by atoms with van der Waals surface area (Å²) in [5, 5.41) is 1.25. The Hall–Kier alpha value is -2.82. The first kappa shape index (κ1) is 21.0. The van der Waals surface area contributed by atoms with Crippen LogP contribution in [0.2, 0.25) is 0 Å². The van der Waals surface area contributed by atoms with Crippen molar-refractivity contribution in [1.29, 1.82) is 0 Å². The van der Waals surface area contributed by atoms with Crippen molar-refractivity contribution in [3.8, 4) is 21.9 Å². The quantitative estimate of drug-likeness (QED) is 0.295. The van der Waals surface area contributed by atoms with Gasteiger partial charge >= 0.3 is 0 Å². The fraction of sp³-hybridized carbons (Fsp3) is 0.286. The van der Waals surface area contributed by atoms with Crippen molar-refractivity contribution in [3.05, 3.63) is 83.9 Å². The number of ether oxygens (including phenoxy) is 2. The first-order chi connectivity index (χ1) is 15.7. The second-order valence-corrected chi connectivity index (χ2v) is 9.55. The van der Waals surface area contributed by atoms with E-state index >= 15 is 0 Å². The van der Waals surface area contributed by atoms with Crippen molar-refractivity contribution in [3.63, 3.8) is 0 Å². The number of benzene rings is 3. The molecule has 0 saturated carbocycles. The van der Waals surface area contributed by atoms with Crippen LogP contribution in [0.15, 0.2) is 72.8 Å². The highest BCUT2D eigenvalue weighted by atomic mass is 32.1. The molecule has 0 spiro atoms. The van der Waals surface area contributed by atoms with Gasteiger partial charge in [-0.05, 0) is 97.4 Å². The number of rotatable bonds is 8. The number of aryl methyl sites for hydroxylation is 1. The lowest BCUT2D eigenvalue weighted by Gasteiger charge is -2.16. The van der Waals surface area contributed by atoms with Crippen LogP contribution in [-0.2, 0) is 6.61 Å². The van der Waals surface area contributed by atoms with E-state index in [1.54, 1.807) is 0 Å².